The second-order valence-electron chi connectivity index (χ2n) is 6.57. The summed E-state index contributed by atoms with van der Waals surface area (Å²) in [6, 6.07) is 11.8. The number of benzene rings is 2. The summed E-state index contributed by atoms with van der Waals surface area (Å²) in [5.74, 6) is 0.422. The van der Waals surface area contributed by atoms with E-state index in [4.69, 9.17) is 27.6 Å². The molecule has 0 bridgehead atoms. The molecular formula is C21H17Cl3N4O3. The number of aromatic amines is 1. The van der Waals surface area contributed by atoms with Gasteiger partial charge in [-0.05, 0) is 25.1 Å². The van der Waals surface area contributed by atoms with Gasteiger partial charge in [0.15, 0.2) is 5.58 Å². The van der Waals surface area contributed by atoms with E-state index >= 15 is 0 Å². The summed E-state index contributed by atoms with van der Waals surface area (Å²) in [4.78, 5) is 25.1. The number of anilines is 2. The molecule has 0 atom stereocenters. The molecule has 2 amide bonds. The number of carbonyl (C=O) groups excluding carboxylic acids is 2. The lowest BCUT2D eigenvalue weighted by atomic mass is 10.1. The molecule has 4 rings (SSSR count). The van der Waals surface area contributed by atoms with Gasteiger partial charge in [0.2, 0.25) is 5.91 Å². The average molecular weight is 480 g/mol. The van der Waals surface area contributed by atoms with Crippen molar-refractivity contribution in [3.05, 3.63) is 75.6 Å². The Hall–Kier alpha value is -3.00. The summed E-state index contributed by atoms with van der Waals surface area (Å²) < 4.78 is 5.88. The van der Waals surface area contributed by atoms with Crippen LogP contribution in [-0.4, -0.2) is 22.0 Å². The Morgan fingerprint density at radius 1 is 1.06 bits per heavy atom. The molecule has 0 aliphatic carbocycles. The van der Waals surface area contributed by atoms with Crippen LogP contribution in [0.5, 0.6) is 0 Å². The number of halogens is 3. The molecule has 31 heavy (non-hydrogen) atoms. The lowest BCUT2D eigenvalue weighted by molar-refractivity contribution is -0.115. The third kappa shape index (κ3) is 4.69. The van der Waals surface area contributed by atoms with Crippen molar-refractivity contribution in [3.8, 4) is 0 Å². The maximum Gasteiger partial charge on any atom is 0.258 e. The van der Waals surface area contributed by atoms with Crippen molar-refractivity contribution < 1.29 is 14.0 Å². The largest absolute Gasteiger partial charge is 0.459 e. The quantitative estimate of drug-likeness (QED) is 0.345. The van der Waals surface area contributed by atoms with E-state index in [0.29, 0.717) is 22.8 Å². The monoisotopic (exact) mass is 478 g/mol. The number of hydrogen-bond acceptors (Lipinski definition) is 4. The molecule has 2 aromatic heterocycles. The molecule has 7 nitrogen and oxygen atoms in total. The molecule has 4 aromatic rings. The van der Waals surface area contributed by atoms with E-state index in [2.05, 4.69) is 20.8 Å². The maximum absolute atomic E-state index is 12.8. The highest BCUT2D eigenvalue weighted by Crippen LogP contribution is 2.33. The highest BCUT2D eigenvalue weighted by molar-refractivity contribution is 6.40. The molecule has 0 aliphatic rings. The predicted molar refractivity (Wildman–Crippen MR) is 124 cm³/mol. The zero-order chi connectivity index (χ0) is 21.3. The van der Waals surface area contributed by atoms with Crippen LogP contribution in [-0.2, 0) is 11.2 Å². The molecule has 0 aliphatic heterocycles. The van der Waals surface area contributed by atoms with Gasteiger partial charge < -0.3 is 15.1 Å². The number of aryl methyl sites for hydroxylation is 1. The van der Waals surface area contributed by atoms with Gasteiger partial charge in [-0.3, -0.25) is 14.7 Å². The number of nitrogens with zero attached hydrogens (tertiary/aromatic N) is 1. The Morgan fingerprint density at radius 2 is 1.77 bits per heavy atom. The molecular weight excluding hydrogens is 463 g/mol. The fraction of sp³-hybridized carbons (Fsp3) is 0.0952. The summed E-state index contributed by atoms with van der Waals surface area (Å²) in [7, 11) is 0. The second-order valence-corrected chi connectivity index (χ2v) is 7.38. The molecule has 0 saturated heterocycles. The van der Waals surface area contributed by atoms with Gasteiger partial charge in [-0.1, -0.05) is 41.4 Å². The van der Waals surface area contributed by atoms with E-state index in [-0.39, 0.29) is 40.3 Å². The van der Waals surface area contributed by atoms with Crippen molar-refractivity contribution in [2.24, 2.45) is 0 Å². The number of hydrogen-bond donors (Lipinski definition) is 3. The number of furan rings is 1. The van der Waals surface area contributed by atoms with Gasteiger partial charge in [0.25, 0.3) is 5.91 Å². The van der Waals surface area contributed by atoms with Gasteiger partial charge in [0.1, 0.15) is 11.6 Å². The van der Waals surface area contributed by atoms with Gasteiger partial charge in [-0.2, -0.15) is 5.10 Å². The smallest absolute Gasteiger partial charge is 0.258 e. The van der Waals surface area contributed by atoms with Crippen LogP contribution in [0.25, 0.3) is 11.0 Å². The SMILES string of the molecule is Cc1oc2c(NC(=O)c3c(Cl)cccc3Cl)cccc2c1CC(=O)Nc1ccn[nH]1.Cl. The zero-order valence-electron chi connectivity index (χ0n) is 16.2. The van der Waals surface area contributed by atoms with E-state index in [0.717, 1.165) is 10.9 Å². The summed E-state index contributed by atoms with van der Waals surface area (Å²) in [6.07, 6.45) is 1.65. The number of rotatable bonds is 5. The van der Waals surface area contributed by atoms with Gasteiger partial charge in [0, 0.05) is 17.0 Å². The van der Waals surface area contributed by atoms with E-state index in [1.807, 2.05) is 6.07 Å². The van der Waals surface area contributed by atoms with Gasteiger partial charge in [0.05, 0.1) is 33.9 Å². The average Bonchev–Trinajstić information content (AvgIpc) is 3.31. The fourth-order valence-corrected chi connectivity index (χ4v) is 3.76. The van der Waals surface area contributed by atoms with Crippen LogP contribution in [0, 0.1) is 6.92 Å². The standard InChI is InChI=1S/C21H16Cl2N4O3.ClH/c1-11-13(10-18(28)26-17-8-9-24-27-17)12-4-2-7-16(20(12)30-11)25-21(29)19-14(22)5-3-6-15(19)23;/h2-9H,10H2,1H3,(H,25,29)(H2,24,26,27,28);1H. The van der Waals surface area contributed by atoms with Gasteiger partial charge >= 0.3 is 0 Å². The van der Waals surface area contributed by atoms with Crippen LogP contribution in [0.1, 0.15) is 21.7 Å². The first-order valence-corrected chi connectivity index (χ1v) is 9.75. The lowest BCUT2D eigenvalue weighted by Crippen LogP contribution is -2.15. The van der Waals surface area contributed by atoms with Crippen molar-refractivity contribution in [3.63, 3.8) is 0 Å². The molecule has 10 heteroatoms. The normalized spacial score (nSPS) is 10.5. The summed E-state index contributed by atoms with van der Waals surface area (Å²) in [5.41, 5.74) is 1.84. The van der Waals surface area contributed by atoms with Crippen LogP contribution in [0.15, 0.2) is 53.1 Å². The Labute approximate surface area is 193 Å². The highest BCUT2D eigenvalue weighted by atomic mass is 35.5. The maximum atomic E-state index is 12.8. The molecule has 2 aromatic carbocycles. The highest BCUT2D eigenvalue weighted by Gasteiger charge is 2.20. The molecule has 0 fully saturated rings. The molecule has 0 unspecified atom stereocenters. The van der Waals surface area contributed by atoms with Crippen molar-refractivity contribution in [2.75, 3.05) is 10.6 Å². The summed E-state index contributed by atoms with van der Waals surface area (Å²) in [5, 5.41) is 13.2. The molecule has 0 saturated carbocycles. The minimum atomic E-state index is -0.453. The Morgan fingerprint density at radius 3 is 2.45 bits per heavy atom. The number of carbonyl (C=O) groups is 2. The number of H-pyrrole nitrogens is 1. The summed E-state index contributed by atoms with van der Waals surface area (Å²) >= 11 is 12.3. The number of aromatic nitrogens is 2. The summed E-state index contributed by atoms with van der Waals surface area (Å²) in [6.45, 7) is 1.77. The first-order valence-electron chi connectivity index (χ1n) is 8.99. The number of nitrogens with one attached hydrogen (secondary N) is 3. The third-order valence-corrected chi connectivity index (χ3v) is 5.20. The Bertz CT molecular complexity index is 1230. The molecule has 2 heterocycles. The van der Waals surface area contributed by atoms with Crippen LogP contribution in [0.4, 0.5) is 11.5 Å². The molecule has 0 radical (unpaired) electrons. The molecule has 3 N–H and O–H groups in total. The number of para-hydroxylation sites is 1. The topological polar surface area (TPSA) is 100 Å². The fourth-order valence-electron chi connectivity index (χ4n) is 3.19. The van der Waals surface area contributed by atoms with E-state index in [1.165, 1.54) is 0 Å². The lowest BCUT2D eigenvalue weighted by Gasteiger charge is -2.09. The third-order valence-electron chi connectivity index (χ3n) is 4.57. The van der Waals surface area contributed by atoms with Gasteiger partial charge in [-0.25, -0.2) is 0 Å². The second kappa shape index (κ2) is 9.43. The van der Waals surface area contributed by atoms with Crippen molar-refractivity contribution in [1.82, 2.24) is 10.2 Å². The predicted octanol–water partition coefficient (Wildman–Crippen LogP) is 5.63. The first-order chi connectivity index (χ1) is 14.4. The Kier molecular flexibility index (Phi) is 6.90. The molecule has 0 spiro atoms. The number of fused-ring (bicyclic) bond motifs is 1. The van der Waals surface area contributed by atoms with Crippen LogP contribution in [0.2, 0.25) is 10.0 Å². The van der Waals surface area contributed by atoms with Crippen LogP contribution >= 0.6 is 35.6 Å². The van der Waals surface area contributed by atoms with E-state index in [1.54, 1.807) is 49.5 Å². The van der Waals surface area contributed by atoms with Crippen molar-refractivity contribution in [2.45, 2.75) is 13.3 Å². The zero-order valence-corrected chi connectivity index (χ0v) is 18.5. The minimum Gasteiger partial charge on any atom is -0.459 e. The van der Waals surface area contributed by atoms with E-state index < -0.39 is 5.91 Å². The van der Waals surface area contributed by atoms with Crippen molar-refractivity contribution in [1.29, 1.82) is 0 Å². The van der Waals surface area contributed by atoms with Crippen LogP contribution < -0.4 is 10.6 Å². The van der Waals surface area contributed by atoms with Crippen LogP contribution in [0.3, 0.4) is 0 Å². The van der Waals surface area contributed by atoms with Crippen molar-refractivity contribution >= 4 is 69.9 Å². The minimum absolute atomic E-state index is 0. The number of amides is 2. The van der Waals surface area contributed by atoms with E-state index in [9.17, 15) is 9.59 Å². The van der Waals surface area contributed by atoms with Gasteiger partial charge in [-0.15, -0.1) is 12.4 Å². The Balaban J connectivity index is 0.00000272. The molecule has 160 valence electrons. The first kappa shape index (κ1) is 22.7.